The summed E-state index contributed by atoms with van der Waals surface area (Å²) in [6.45, 7) is 0. The number of hydrogen-bond donors (Lipinski definition) is 1. The number of benzene rings is 2. The molecule has 0 aromatic heterocycles. The van der Waals surface area contributed by atoms with Crippen molar-refractivity contribution >= 4 is 46.2 Å². The molecule has 6 heteroatoms. The van der Waals surface area contributed by atoms with Gasteiger partial charge in [-0.05, 0) is 30.3 Å². The molecule has 2 aromatic rings. The van der Waals surface area contributed by atoms with E-state index in [9.17, 15) is 4.39 Å². The summed E-state index contributed by atoms with van der Waals surface area (Å²) in [5.74, 6) is -0.515. The van der Waals surface area contributed by atoms with Crippen molar-refractivity contribution in [2.24, 2.45) is 0 Å². The third-order valence-corrected chi connectivity index (χ3v) is 3.27. The highest BCUT2D eigenvalue weighted by atomic mass is 35.5. The summed E-state index contributed by atoms with van der Waals surface area (Å²) in [7, 11) is 0. The number of anilines is 2. The fourth-order valence-electron chi connectivity index (χ4n) is 1.49. The molecule has 1 N–H and O–H groups in total. The van der Waals surface area contributed by atoms with Crippen LogP contribution in [0.25, 0.3) is 0 Å². The molecule has 0 fully saturated rings. The minimum atomic E-state index is -0.515. The SMILES string of the molecule is N#Cc1ccc(Nc2c(Cl)cc(F)cc2Cl)cc1Cl. The highest BCUT2D eigenvalue weighted by Crippen LogP contribution is 2.34. The Balaban J connectivity index is 2.37. The predicted octanol–water partition coefficient (Wildman–Crippen LogP) is 5.40. The van der Waals surface area contributed by atoms with E-state index in [2.05, 4.69) is 5.32 Å². The van der Waals surface area contributed by atoms with E-state index >= 15 is 0 Å². The molecule has 0 aliphatic heterocycles. The van der Waals surface area contributed by atoms with Crippen LogP contribution in [0.15, 0.2) is 30.3 Å². The Morgan fingerprint density at radius 1 is 1.00 bits per heavy atom. The first-order valence-corrected chi connectivity index (χ1v) is 6.26. The molecule has 0 saturated heterocycles. The van der Waals surface area contributed by atoms with Crippen LogP contribution in [0.4, 0.5) is 15.8 Å². The van der Waals surface area contributed by atoms with Gasteiger partial charge in [-0.2, -0.15) is 5.26 Å². The van der Waals surface area contributed by atoms with Crippen LogP contribution in [0.3, 0.4) is 0 Å². The second kappa shape index (κ2) is 5.66. The predicted molar refractivity (Wildman–Crippen MR) is 75.9 cm³/mol. The van der Waals surface area contributed by atoms with Gasteiger partial charge < -0.3 is 5.32 Å². The van der Waals surface area contributed by atoms with Gasteiger partial charge in [-0.25, -0.2) is 4.39 Å². The summed E-state index contributed by atoms with van der Waals surface area (Å²) in [4.78, 5) is 0. The average Bonchev–Trinajstić information content (AvgIpc) is 2.34. The summed E-state index contributed by atoms with van der Waals surface area (Å²) in [6, 6.07) is 9.05. The van der Waals surface area contributed by atoms with Crippen LogP contribution in [0, 0.1) is 17.1 Å². The van der Waals surface area contributed by atoms with Gasteiger partial charge in [0.25, 0.3) is 0 Å². The van der Waals surface area contributed by atoms with Gasteiger partial charge in [0.05, 0.1) is 26.3 Å². The first-order chi connectivity index (χ1) is 9.01. The van der Waals surface area contributed by atoms with E-state index in [0.717, 1.165) is 12.1 Å². The molecular weight excluding hydrogens is 310 g/mol. The maximum atomic E-state index is 13.1. The van der Waals surface area contributed by atoms with E-state index in [0.29, 0.717) is 22.0 Å². The molecule has 0 aliphatic carbocycles. The van der Waals surface area contributed by atoms with Crippen LogP contribution in [-0.2, 0) is 0 Å². The first kappa shape index (κ1) is 14.0. The molecule has 0 unspecified atom stereocenters. The molecule has 2 aromatic carbocycles. The minimum Gasteiger partial charge on any atom is -0.353 e. The lowest BCUT2D eigenvalue weighted by Gasteiger charge is -2.11. The van der Waals surface area contributed by atoms with Crippen molar-refractivity contribution in [1.82, 2.24) is 0 Å². The van der Waals surface area contributed by atoms with E-state index in [1.54, 1.807) is 18.2 Å². The van der Waals surface area contributed by atoms with E-state index in [4.69, 9.17) is 40.1 Å². The van der Waals surface area contributed by atoms with Gasteiger partial charge >= 0.3 is 0 Å². The fourth-order valence-corrected chi connectivity index (χ4v) is 2.27. The van der Waals surface area contributed by atoms with Gasteiger partial charge in [0.2, 0.25) is 0 Å². The summed E-state index contributed by atoms with van der Waals surface area (Å²) in [5, 5.41) is 12.3. The third kappa shape index (κ3) is 3.10. The lowest BCUT2D eigenvalue weighted by atomic mass is 10.2. The topological polar surface area (TPSA) is 35.8 Å². The smallest absolute Gasteiger partial charge is 0.126 e. The van der Waals surface area contributed by atoms with Gasteiger partial charge in [0.1, 0.15) is 11.9 Å². The summed E-state index contributed by atoms with van der Waals surface area (Å²) >= 11 is 17.7. The molecular formula is C13H6Cl3FN2. The Kier molecular flexibility index (Phi) is 4.16. The quantitative estimate of drug-likeness (QED) is 0.805. The number of halogens is 4. The monoisotopic (exact) mass is 314 g/mol. The van der Waals surface area contributed by atoms with E-state index < -0.39 is 5.82 Å². The van der Waals surface area contributed by atoms with Crippen molar-refractivity contribution in [3.05, 3.63) is 56.8 Å². The normalized spacial score (nSPS) is 10.1. The molecule has 0 aliphatic rings. The van der Waals surface area contributed by atoms with Crippen LogP contribution in [0.5, 0.6) is 0 Å². The van der Waals surface area contributed by atoms with Crippen molar-refractivity contribution in [2.45, 2.75) is 0 Å². The Morgan fingerprint density at radius 2 is 1.63 bits per heavy atom. The van der Waals surface area contributed by atoms with Crippen LogP contribution < -0.4 is 5.32 Å². The molecule has 0 saturated carbocycles. The van der Waals surface area contributed by atoms with Gasteiger partial charge in [0, 0.05) is 5.69 Å². The molecule has 0 radical (unpaired) electrons. The fraction of sp³-hybridized carbons (Fsp3) is 0. The van der Waals surface area contributed by atoms with Crippen LogP contribution in [0.1, 0.15) is 5.56 Å². The number of rotatable bonds is 2. The lowest BCUT2D eigenvalue weighted by Crippen LogP contribution is -1.94. The van der Waals surface area contributed by atoms with Gasteiger partial charge in [-0.15, -0.1) is 0 Å². The molecule has 0 amide bonds. The molecule has 19 heavy (non-hydrogen) atoms. The first-order valence-electron chi connectivity index (χ1n) is 5.12. The Bertz CT molecular complexity index is 657. The number of nitrogens with one attached hydrogen (secondary N) is 1. The second-order valence-corrected chi connectivity index (χ2v) is 4.90. The van der Waals surface area contributed by atoms with Crippen LogP contribution in [0.2, 0.25) is 15.1 Å². The minimum absolute atomic E-state index is 0.158. The molecule has 2 nitrogen and oxygen atoms in total. The molecule has 2 rings (SSSR count). The van der Waals surface area contributed by atoms with Crippen molar-refractivity contribution in [2.75, 3.05) is 5.32 Å². The lowest BCUT2D eigenvalue weighted by molar-refractivity contribution is 0.628. The highest BCUT2D eigenvalue weighted by Gasteiger charge is 2.09. The van der Waals surface area contributed by atoms with Gasteiger partial charge in [-0.3, -0.25) is 0 Å². The molecule has 0 spiro atoms. The van der Waals surface area contributed by atoms with Gasteiger partial charge in [-0.1, -0.05) is 34.8 Å². The molecule has 0 atom stereocenters. The van der Waals surface area contributed by atoms with E-state index in [1.807, 2.05) is 6.07 Å². The Labute approximate surface area is 124 Å². The molecule has 0 heterocycles. The number of hydrogen-bond acceptors (Lipinski definition) is 2. The maximum absolute atomic E-state index is 13.1. The summed E-state index contributed by atoms with van der Waals surface area (Å²) in [6.07, 6.45) is 0. The zero-order valence-electron chi connectivity index (χ0n) is 9.35. The van der Waals surface area contributed by atoms with Crippen molar-refractivity contribution in [1.29, 1.82) is 5.26 Å². The standard InChI is InChI=1S/C13H6Cl3FN2/c14-10-5-9(2-1-7(10)6-18)19-13-11(15)3-8(17)4-12(13)16/h1-5,19H. The zero-order chi connectivity index (χ0) is 14.0. The number of nitrogens with zero attached hydrogens (tertiary/aromatic N) is 1. The maximum Gasteiger partial charge on any atom is 0.126 e. The third-order valence-electron chi connectivity index (χ3n) is 2.37. The van der Waals surface area contributed by atoms with E-state index in [1.165, 1.54) is 0 Å². The number of nitriles is 1. The van der Waals surface area contributed by atoms with Crippen LogP contribution in [-0.4, -0.2) is 0 Å². The molecule has 0 bridgehead atoms. The van der Waals surface area contributed by atoms with Crippen molar-refractivity contribution in [3.63, 3.8) is 0 Å². The molecule has 96 valence electrons. The summed E-state index contributed by atoms with van der Waals surface area (Å²) in [5.41, 5.74) is 1.34. The largest absolute Gasteiger partial charge is 0.353 e. The van der Waals surface area contributed by atoms with E-state index in [-0.39, 0.29) is 10.0 Å². The summed E-state index contributed by atoms with van der Waals surface area (Å²) < 4.78 is 13.1. The second-order valence-electron chi connectivity index (χ2n) is 3.68. The Morgan fingerprint density at radius 3 is 2.16 bits per heavy atom. The Hall–Kier alpha value is -1.47. The zero-order valence-corrected chi connectivity index (χ0v) is 11.6. The highest BCUT2D eigenvalue weighted by molar-refractivity contribution is 6.39. The van der Waals surface area contributed by atoms with Crippen molar-refractivity contribution < 1.29 is 4.39 Å². The van der Waals surface area contributed by atoms with Crippen LogP contribution >= 0.6 is 34.8 Å². The van der Waals surface area contributed by atoms with Gasteiger partial charge in [0.15, 0.2) is 0 Å². The average molecular weight is 316 g/mol. The van der Waals surface area contributed by atoms with Crippen molar-refractivity contribution in [3.8, 4) is 6.07 Å².